The summed E-state index contributed by atoms with van der Waals surface area (Å²) >= 11 is 0. The molecule has 1 aromatic heterocycles. The van der Waals surface area contributed by atoms with Gasteiger partial charge in [-0.25, -0.2) is 8.42 Å². The molecule has 1 aliphatic heterocycles. The van der Waals surface area contributed by atoms with Crippen LogP contribution in [0.15, 0.2) is 24.3 Å². The molecule has 0 radical (unpaired) electrons. The van der Waals surface area contributed by atoms with Crippen LogP contribution in [0.2, 0.25) is 0 Å². The minimum Gasteiger partial charge on any atom is -0.309 e. The molecule has 1 aromatic carbocycles. The van der Waals surface area contributed by atoms with Crippen LogP contribution < -0.4 is 5.32 Å². The molecule has 2 heterocycles. The highest BCUT2D eigenvalue weighted by atomic mass is 32.2. The van der Waals surface area contributed by atoms with Gasteiger partial charge in [0.1, 0.15) is 0 Å². The summed E-state index contributed by atoms with van der Waals surface area (Å²) in [5.41, 5.74) is 4.17. The van der Waals surface area contributed by atoms with Crippen molar-refractivity contribution in [3.63, 3.8) is 0 Å². The van der Waals surface area contributed by atoms with Crippen LogP contribution in [0.25, 0.3) is 11.3 Å². The fourth-order valence-corrected chi connectivity index (χ4v) is 5.01. The maximum atomic E-state index is 12.1. The largest absolute Gasteiger partial charge is 0.309 e. The van der Waals surface area contributed by atoms with Crippen LogP contribution >= 0.6 is 0 Å². The van der Waals surface area contributed by atoms with Crippen molar-refractivity contribution in [3.05, 3.63) is 35.4 Å². The third-order valence-electron chi connectivity index (χ3n) is 4.18. The second-order valence-electron chi connectivity index (χ2n) is 6.56. The highest BCUT2D eigenvalue weighted by molar-refractivity contribution is 7.91. The molecular weight excluding hydrogens is 326 g/mol. The second-order valence-corrected chi connectivity index (χ2v) is 8.79. The first-order chi connectivity index (χ1) is 11.3. The molecule has 0 saturated carbocycles. The predicted molar refractivity (Wildman–Crippen MR) is 93.5 cm³/mol. The lowest BCUT2D eigenvalue weighted by atomic mass is 10.0. The van der Waals surface area contributed by atoms with E-state index in [1.54, 1.807) is 6.07 Å². The third kappa shape index (κ3) is 4.03. The number of anilines is 1. The normalized spacial score (nSPS) is 19.3. The van der Waals surface area contributed by atoms with Crippen LogP contribution in [0.5, 0.6) is 0 Å². The molecule has 6 nitrogen and oxygen atoms in total. The molecule has 1 aliphatic rings. The van der Waals surface area contributed by atoms with Crippen molar-refractivity contribution < 1.29 is 13.2 Å². The minimum absolute atomic E-state index is 0.0900. The second kappa shape index (κ2) is 6.39. The third-order valence-corrected chi connectivity index (χ3v) is 6.02. The smallest absolute Gasteiger partial charge is 0.225 e. The van der Waals surface area contributed by atoms with Crippen molar-refractivity contribution in [2.24, 2.45) is 5.92 Å². The number of nitrogens with one attached hydrogen (secondary N) is 2. The van der Waals surface area contributed by atoms with Crippen molar-refractivity contribution >= 4 is 21.6 Å². The van der Waals surface area contributed by atoms with Gasteiger partial charge in [0.2, 0.25) is 5.91 Å². The highest BCUT2D eigenvalue weighted by Gasteiger charge is 2.29. The number of aryl methyl sites for hydroxylation is 2. The first kappa shape index (κ1) is 16.7. The number of aromatic nitrogens is 2. The van der Waals surface area contributed by atoms with Crippen molar-refractivity contribution in [2.45, 2.75) is 26.7 Å². The topological polar surface area (TPSA) is 91.9 Å². The number of aromatic amines is 1. The van der Waals surface area contributed by atoms with E-state index < -0.39 is 9.84 Å². The monoisotopic (exact) mass is 347 g/mol. The van der Waals surface area contributed by atoms with Gasteiger partial charge in [-0.15, -0.1) is 0 Å². The Labute approximate surface area is 141 Å². The van der Waals surface area contributed by atoms with Crippen molar-refractivity contribution in [3.8, 4) is 11.3 Å². The standard InChI is InChI=1S/C17H21N3O3S/c1-11-5-12(2)7-14(6-11)15-9-16(20-19-15)18-17(21)8-13-3-4-24(22,23)10-13/h5-7,9,13H,3-4,8,10H2,1-2H3,(H2,18,19,20,21)/t13-/m1/s1. The summed E-state index contributed by atoms with van der Waals surface area (Å²) in [6.07, 6.45) is 0.773. The Morgan fingerprint density at radius 1 is 1.25 bits per heavy atom. The van der Waals surface area contributed by atoms with Crippen molar-refractivity contribution in [1.82, 2.24) is 10.2 Å². The maximum Gasteiger partial charge on any atom is 0.225 e. The fourth-order valence-electron chi connectivity index (χ4n) is 3.15. The first-order valence-electron chi connectivity index (χ1n) is 7.95. The molecule has 0 bridgehead atoms. The molecule has 24 heavy (non-hydrogen) atoms. The lowest BCUT2D eigenvalue weighted by Crippen LogP contribution is -2.17. The Morgan fingerprint density at radius 2 is 1.96 bits per heavy atom. The Balaban J connectivity index is 1.64. The number of benzene rings is 1. The van der Waals surface area contributed by atoms with E-state index in [0.717, 1.165) is 22.4 Å². The summed E-state index contributed by atoms with van der Waals surface area (Å²) in [5.74, 6) is 0.456. The molecule has 1 fully saturated rings. The summed E-state index contributed by atoms with van der Waals surface area (Å²) in [7, 11) is -2.96. The van der Waals surface area contributed by atoms with Gasteiger partial charge in [0.25, 0.3) is 0 Å². The zero-order chi connectivity index (χ0) is 17.3. The van der Waals surface area contributed by atoms with Crippen molar-refractivity contribution in [1.29, 1.82) is 0 Å². The average molecular weight is 347 g/mol. The summed E-state index contributed by atoms with van der Waals surface area (Å²) in [4.78, 5) is 12.1. The first-order valence-corrected chi connectivity index (χ1v) is 9.77. The van der Waals surface area contributed by atoms with Gasteiger partial charge in [0.15, 0.2) is 15.7 Å². The molecular formula is C17H21N3O3S. The van der Waals surface area contributed by atoms with E-state index in [9.17, 15) is 13.2 Å². The van der Waals surface area contributed by atoms with Crippen molar-refractivity contribution in [2.75, 3.05) is 16.8 Å². The number of hydrogen-bond donors (Lipinski definition) is 2. The zero-order valence-electron chi connectivity index (χ0n) is 13.8. The van der Waals surface area contributed by atoms with E-state index in [1.165, 1.54) is 0 Å². The van der Waals surface area contributed by atoms with E-state index in [4.69, 9.17) is 0 Å². The van der Waals surface area contributed by atoms with Crippen LogP contribution in [0.3, 0.4) is 0 Å². The van der Waals surface area contributed by atoms with Gasteiger partial charge < -0.3 is 5.32 Å². The number of nitrogens with zero attached hydrogens (tertiary/aromatic N) is 1. The van der Waals surface area contributed by atoms with Crippen LogP contribution in [0, 0.1) is 19.8 Å². The number of amides is 1. The summed E-state index contributed by atoms with van der Waals surface area (Å²) < 4.78 is 22.9. The number of sulfone groups is 1. The van der Waals surface area contributed by atoms with Gasteiger partial charge in [-0.3, -0.25) is 9.89 Å². The summed E-state index contributed by atoms with van der Waals surface area (Å²) in [5, 5.41) is 9.79. The molecule has 3 rings (SSSR count). The molecule has 1 saturated heterocycles. The fraction of sp³-hybridized carbons (Fsp3) is 0.412. The van der Waals surface area contributed by atoms with Crippen LogP contribution in [0.4, 0.5) is 5.82 Å². The highest BCUT2D eigenvalue weighted by Crippen LogP contribution is 2.24. The van der Waals surface area contributed by atoms with Gasteiger partial charge in [0.05, 0.1) is 17.2 Å². The van der Waals surface area contributed by atoms with Gasteiger partial charge in [-0.05, 0) is 38.3 Å². The Morgan fingerprint density at radius 3 is 2.58 bits per heavy atom. The van der Waals surface area contributed by atoms with Gasteiger partial charge in [0, 0.05) is 18.1 Å². The van der Waals surface area contributed by atoms with E-state index >= 15 is 0 Å². The average Bonchev–Trinajstić information content (AvgIpc) is 3.04. The summed E-state index contributed by atoms with van der Waals surface area (Å²) in [6, 6.07) is 7.99. The Bertz CT molecular complexity index is 851. The van der Waals surface area contributed by atoms with Crippen LogP contribution in [-0.2, 0) is 14.6 Å². The number of H-pyrrole nitrogens is 1. The lowest BCUT2D eigenvalue weighted by Gasteiger charge is -2.06. The molecule has 0 spiro atoms. The minimum atomic E-state index is -2.96. The lowest BCUT2D eigenvalue weighted by molar-refractivity contribution is -0.116. The molecule has 7 heteroatoms. The Hall–Kier alpha value is -2.15. The van der Waals surface area contributed by atoms with E-state index in [0.29, 0.717) is 12.2 Å². The number of hydrogen-bond acceptors (Lipinski definition) is 4. The van der Waals surface area contributed by atoms with Gasteiger partial charge in [-0.1, -0.05) is 17.2 Å². The zero-order valence-corrected chi connectivity index (χ0v) is 14.6. The molecule has 2 N–H and O–H groups in total. The van der Waals surface area contributed by atoms with Gasteiger partial charge >= 0.3 is 0 Å². The Kier molecular flexibility index (Phi) is 4.45. The van der Waals surface area contributed by atoms with Crippen LogP contribution in [-0.4, -0.2) is 36.0 Å². The molecule has 128 valence electrons. The van der Waals surface area contributed by atoms with Gasteiger partial charge in [-0.2, -0.15) is 5.10 Å². The molecule has 1 amide bonds. The summed E-state index contributed by atoms with van der Waals surface area (Å²) in [6.45, 7) is 4.07. The van der Waals surface area contributed by atoms with E-state index in [1.807, 2.05) is 13.8 Å². The number of carbonyl (C=O) groups is 1. The maximum absolute atomic E-state index is 12.1. The molecule has 1 atom stereocenters. The van der Waals surface area contributed by atoms with E-state index in [2.05, 4.69) is 33.7 Å². The van der Waals surface area contributed by atoms with Crippen LogP contribution in [0.1, 0.15) is 24.0 Å². The number of carbonyl (C=O) groups excluding carboxylic acids is 1. The van der Waals surface area contributed by atoms with E-state index in [-0.39, 0.29) is 29.8 Å². The molecule has 2 aromatic rings. The SMILES string of the molecule is Cc1cc(C)cc(-c2cc(NC(=O)C[C@H]3CCS(=O)(=O)C3)n[nH]2)c1. The number of rotatable bonds is 4. The molecule has 0 unspecified atom stereocenters. The molecule has 0 aliphatic carbocycles. The predicted octanol–water partition coefficient (Wildman–Crippen LogP) is 2.46. The quantitative estimate of drug-likeness (QED) is 0.888.